The van der Waals surface area contributed by atoms with E-state index in [0.717, 1.165) is 30.1 Å². The molecular weight excluding hydrogens is 366 g/mol. The average Bonchev–Trinajstić information content (AvgIpc) is 2.74. The maximum Gasteiger partial charge on any atom is 0.699 e. The number of benzene rings is 3. The molecule has 3 rings (SSSR count). The fraction of sp³-hybridized carbons (Fsp3) is 0.217. The van der Waals surface area contributed by atoms with E-state index >= 15 is 0 Å². The van der Waals surface area contributed by atoms with Gasteiger partial charge in [-0.1, -0.05) is 61.5 Å². The average molecular weight is 394 g/mol. The zero-order valence-corrected chi connectivity index (χ0v) is 17.2. The van der Waals surface area contributed by atoms with E-state index in [1.165, 1.54) is 0 Å². The molecule has 0 spiro atoms. The van der Waals surface area contributed by atoms with E-state index in [4.69, 9.17) is 19.0 Å². The second kappa shape index (κ2) is 9.97. The van der Waals surface area contributed by atoms with Gasteiger partial charge in [-0.3, -0.25) is 0 Å². The Kier molecular flexibility index (Phi) is 7.11. The topological polar surface area (TPSA) is 53.7 Å². The third kappa shape index (κ3) is 5.87. The van der Waals surface area contributed by atoms with Gasteiger partial charge in [0.1, 0.15) is 17.2 Å². The summed E-state index contributed by atoms with van der Waals surface area (Å²) in [6, 6.07) is 29.7. The molecule has 0 fully saturated rings. The van der Waals surface area contributed by atoms with Crippen molar-refractivity contribution in [1.29, 1.82) is 0 Å². The van der Waals surface area contributed by atoms with Crippen molar-refractivity contribution in [3.63, 3.8) is 0 Å². The summed E-state index contributed by atoms with van der Waals surface area (Å²) in [7, 11) is -3.18. The largest absolute Gasteiger partial charge is 0.699 e. The molecule has 0 radical (unpaired) electrons. The monoisotopic (exact) mass is 393 g/mol. The number of hydrogen-bond donors (Lipinski definition) is 1. The molecule has 28 heavy (non-hydrogen) atoms. The minimum absolute atomic E-state index is 0.0741. The van der Waals surface area contributed by atoms with Crippen molar-refractivity contribution in [3.8, 4) is 17.2 Å². The molecule has 0 saturated heterocycles. The van der Waals surface area contributed by atoms with E-state index in [1.54, 1.807) is 0 Å². The van der Waals surface area contributed by atoms with Gasteiger partial charge in [-0.15, -0.1) is 0 Å². The SMILES string of the molecule is CCC(N)CC[Si](Oc1ccccc1)(Oc1ccccc1)Oc1ccccc1. The second-order valence-corrected chi connectivity index (χ2v) is 9.11. The molecule has 0 saturated carbocycles. The third-order valence-electron chi connectivity index (χ3n) is 4.40. The molecule has 146 valence electrons. The summed E-state index contributed by atoms with van der Waals surface area (Å²) < 4.78 is 19.3. The summed E-state index contributed by atoms with van der Waals surface area (Å²) in [5, 5.41) is 0. The van der Waals surface area contributed by atoms with Gasteiger partial charge in [-0.25, -0.2) is 0 Å². The lowest BCUT2D eigenvalue weighted by molar-refractivity contribution is 0.257. The zero-order chi connectivity index (χ0) is 19.7. The van der Waals surface area contributed by atoms with E-state index in [1.807, 2.05) is 91.0 Å². The Morgan fingerprint density at radius 2 is 1.04 bits per heavy atom. The molecule has 0 bridgehead atoms. The molecule has 4 nitrogen and oxygen atoms in total. The fourth-order valence-corrected chi connectivity index (χ4v) is 5.43. The first kappa shape index (κ1) is 20.0. The van der Waals surface area contributed by atoms with Crippen LogP contribution in [0.2, 0.25) is 6.04 Å². The Balaban J connectivity index is 1.95. The lowest BCUT2D eigenvalue weighted by Crippen LogP contribution is -2.55. The van der Waals surface area contributed by atoms with Gasteiger partial charge in [0.2, 0.25) is 0 Å². The first-order valence-electron chi connectivity index (χ1n) is 9.67. The van der Waals surface area contributed by atoms with E-state index in [-0.39, 0.29) is 6.04 Å². The van der Waals surface area contributed by atoms with Crippen LogP contribution in [0.1, 0.15) is 19.8 Å². The smallest absolute Gasteiger partial charge is 0.483 e. The van der Waals surface area contributed by atoms with Crippen molar-refractivity contribution >= 4 is 8.80 Å². The highest BCUT2D eigenvalue weighted by molar-refractivity contribution is 6.63. The van der Waals surface area contributed by atoms with Gasteiger partial charge in [-0.2, -0.15) is 0 Å². The number of nitrogens with two attached hydrogens (primary N) is 1. The van der Waals surface area contributed by atoms with Crippen molar-refractivity contribution in [3.05, 3.63) is 91.0 Å². The molecule has 5 heteroatoms. The van der Waals surface area contributed by atoms with Crippen LogP contribution in [0, 0.1) is 0 Å². The molecule has 1 unspecified atom stereocenters. The molecule has 0 aliphatic heterocycles. The van der Waals surface area contributed by atoms with E-state index in [9.17, 15) is 0 Å². The molecular formula is C23H27NO3Si. The minimum Gasteiger partial charge on any atom is -0.483 e. The van der Waals surface area contributed by atoms with Crippen LogP contribution in [0.15, 0.2) is 91.0 Å². The summed E-state index contributed by atoms with van der Waals surface area (Å²) in [5.41, 5.74) is 6.22. The number of rotatable bonds is 10. The summed E-state index contributed by atoms with van der Waals surface area (Å²) in [6.07, 6.45) is 1.65. The molecule has 0 aliphatic rings. The first-order valence-corrected chi connectivity index (χ1v) is 11.6. The van der Waals surface area contributed by atoms with Crippen LogP contribution in [0.5, 0.6) is 17.2 Å². The van der Waals surface area contributed by atoms with Gasteiger partial charge in [0, 0.05) is 6.04 Å². The van der Waals surface area contributed by atoms with Gasteiger partial charge in [0.05, 0.1) is 6.04 Å². The normalized spacial score (nSPS) is 12.2. The molecule has 3 aromatic rings. The van der Waals surface area contributed by atoms with Crippen molar-refractivity contribution in [2.75, 3.05) is 0 Å². The van der Waals surface area contributed by atoms with Crippen LogP contribution in [0.4, 0.5) is 0 Å². The lowest BCUT2D eigenvalue weighted by Gasteiger charge is -2.31. The van der Waals surface area contributed by atoms with Gasteiger partial charge < -0.3 is 19.0 Å². The number of hydrogen-bond acceptors (Lipinski definition) is 4. The number of para-hydroxylation sites is 3. The van der Waals surface area contributed by atoms with E-state index < -0.39 is 8.80 Å². The van der Waals surface area contributed by atoms with Crippen LogP contribution >= 0.6 is 0 Å². The Morgan fingerprint density at radius 3 is 1.36 bits per heavy atom. The third-order valence-corrected chi connectivity index (χ3v) is 6.94. The molecule has 0 aliphatic carbocycles. The maximum atomic E-state index is 6.44. The van der Waals surface area contributed by atoms with Gasteiger partial charge in [0.25, 0.3) is 0 Å². The second-order valence-electron chi connectivity index (χ2n) is 6.64. The molecule has 0 aromatic heterocycles. The summed E-state index contributed by atoms with van der Waals surface area (Å²) in [4.78, 5) is 0. The van der Waals surface area contributed by atoms with Crippen molar-refractivity contribution < 1.29 is 13.3 Å². The highest BCUT2D eigenvalue weighted by atomic mass is 28.4. The van der Waals surface area contributed by atoms with Crippen molar-refractivity contribution in [2.45, 2.75) is 31.9 Å². The Bertz CT molecular complexity index is 714. The van der Waals surface area contributed by atoms with Crippen LogP contribution in [-0.2, 0) is 0 Å². The van der Waals surface area contributed by atoms with Crippen LogP contribution < -0.4 is 19.0 Å². The maximum absolute atomic E-state index is 6.44. The van der Waals surface area contributed by atoms with E-state index in [2.05, 4.69) is 6.92 Å². The molecule has 0 heterocycles. The molecule has 0 amide bonds. The fourth-order valence-electron chi connectivity index (χ4n) is 2.79. The Hall–Kier alpha value is -2.76. The summed E-state index contributed by atoms with van der Waals surface area (Å²) in [5.74, 6) is 2.18. The first-order chi connectivity index (χ1) is 13.7. The van der Waals surface area contributed by atoms with Crippen LogP contribution in [0.25, 0.3) is 0 Å². The Labute approximate surface area is 168 Å². The molecule has 1 atom stereocenters. The Morgan fingerprint density at radius 1 is 0.679 bits per heavy atom. The summed E-state index contributed by atoms with van der Waals surface area (Å²) >= 11 is 0. The highest BCUT2D eigenvalue weighted by Gasteiger charge is 2.49. The van der Waals surface area contributed by atoms with E-state index in [0.29, 0.717) is 6.04 Å². The van der Waals surface area contributed by atoms with Crippen molar-refractivity contribution in [1.82, 2.24) is 0 Å². The van der Waals surface area contributed by atoms with Crippen molar-refractivity contribution in [2.24, 2.45) is 5.73 Å². The predicted molar refractivity (Wildman–Crippen MR) is 115 cm³/mol. The summed E-state index contributed by atoms with van der Waals surface area (Å²) in [6.45, 7) is 2.09. The van der Waals surface area contributed by atoms with Gasteiger partial charge in [0.15, 0.2) is 0 Å². The molecule has 3 aromatic carbocycles. The quantitative estimate of drug-likeness (QED) is 0.476. The molecule has 2 N–H and O–H groups in total. The standard InChI is InChI=1S/C23H27NO3Si/c1-2-20(24)18-19-28(25-21-12-6-3-7-13-21,26-22-14-8-4-9-15-22)27-23-16-10-5-11-17-23/h3-17,20H,2,18-19,24H2,1H3. The van der Waals surface area contributed by atoms with Gasteiger partial charge >= 0.3 is 8.80 Å². The minimum atomic E-state index is -3.18. The lowest BCUT2D eigenvalue weighted by atomic mass is 10.2. The van der Waals surface area contributed by atoms with Crippen LogP contribution in [-0.4, -0.2) is 14.8 Å². The zero-order valence-electron chi connectivity index (χ0n) is 16.2. The van der Waals surface area contributed by atoms with Crippen LogP contribution in [0.3, 0.4) is 0 Å². The predicted octanol–water partition coefficient (Wildman–Crippen LogP) is 5.29. The highest BCUT2D eigenvalue weighted by Crippen LogP contribution is 2.28. The van der Waals surface area contributed by atoms with Gasteiger partial charge in [-0.05, 0) is 49.2 Å².